The summed E-state index contributed by atoms with van der Waals surface area (Å²) in [6.45, 7) is 5.75. The van der Waals surface area contributed by atoms with E-state index in [1.54, 1.807) is 0 Å². The molecule has 1 aromatic heterocycles. The minimum absolute atomic E-state index is 0.720. The zero-order chi connectivity index (χ0) is 12.3. The quantitative estimate of drug-likeness (QED) is 0.840. The Morgan fingerprint density at radius 2 is 2.18 bits per heavy atom. The van der Waals surface area contributed by atoms with E-state index in [4.69, 9.17) is 0 Å². The molecule has 0 aliphatic heterocycles. The van der Waals surface area contributed by atoms with Crippen LogP contribution in [0.3, 0.4) is 0 Å². The number of nitrogens with one attached hydrogen (secondary N) is 1. The molecule has 1 saturated carbocycles. The van der Waals surface area contributed by atoms with Crippen LogP contribution in [0.1, 0.15) is 44.4 Å². The van der Waals surface area contributed by atoms with Crippen LogP contribution in [0.4, 0.5) is 0 Å². The van der Waals surface area contributed by atoms with Gasteiger partial charge in [0.1, 0.15) is 0 Å². The van der Waals surface area contributed by atoms with Gasteiger partial charge in [0, 0.05) is 21.9 Å². The first kappa shape index (κ1) is 13.6. The van der Waals surface area contributed by atoms with Crippen molar-refractivity contribution in [3.8, 4) is 0 Å². The van der Waals surface area contributed by atoms with Crippen LogP contribution in [-0.2, 0) is 6.54 Å². The van der Waals surface area contributed by atoms with Crippen LogP contribution in [0.5, 0.6) is 0 Å². The van der Waals surface area contributed by atoms with E-state index >= 15 is 0 Å². The van der Waals surface area contributed by atoms with Gasteiger partial charge in [-0.05, 0) is 52.1 Å². The third-order valence-electron chi connectivity index (χ3n) is 3.89. The summed E-state index contributed by atoms with van der Waals surface area (Å²) in [6, 6.07) is 2.86. The van der Waals surface area contributed by atoms with Gasteiger partial charge in [-0.1, -0.05) is 26.7 Å². The van der Waals surface area contributed by atoms with Crippen molar-refractivity contribution in [2.75, 3.05) is 0 Å². The van der Waals surface area contributed by atoms with Crippen molar-refractivity contribution in [2.45, 2.75) is 52.1 Å². The minimum Gasteiger partial charge on any atom is -0.309 e. The van der Waals surface area contributed by atoms with Crippen molar-refractivity contribution >= 4 is 27.3 Å². The summed E-state index contributed by atoms with van der Waals surface area (Å²) in [4.78, 5) is 1.43. The lowest BCUT2D eigenvalue weighted by atomic mass is 9.78. The maximum Gasteiger partial charge on any atom is 0.0327 e. The van der Waals surface area contributed by atoms with Crippen LogP contribution < -0.4 is 5.32 Å². The first-order valence-corrected chi connectivity index (χ1v) is 8.31. The molecule has 3 heteroatoms. The molecule has 1 nitrogen and oxygen atoms in total. The van der Waals surface area contributed by atoms with Crippen LogP contribution in [0, 0.1) is 11.8 Å². The smallest absolute Gasteiger partial charge is 0.0327 e. The normalized spacial score (nSPS) is 25.4. The van der Waals surface area contributed by atoms with Crippen molar-refractivity contribution in [1.82, 2.24) is 5.32 Å². The maximum atomic E-state index is 3.78. The zero-order valence-electron chi connectivity index (χ0n) is 10.7. The van der Waals surface area contributed by atoms with Gasteiger partial charge in [0.2, 0.25) is 0 Å². The Morgan fingerprint density at radius 3 is 2.82 bits per heavy atom. The fraction of sp³-hybridized carbons (Fsp3) is 0.714. The monoisotopic (exact) mass is 315 g/mol. The maximum absolute atomic E-state index is 3.78. The molecule has 1 aromatic rings. The number of thiophene rings is 1. The molecule has 1 fully saturated rings. The molecule has 2 rings (SSSR count). The van der Waals surface area contributed by atoms with Gasteiger partial charge in [-0.3, -0.25) is 0 Å². The van der Waals surface area contributed by atoms with Crippen LogP contribution >= 0.6 is 27.3 Å². The number of hydrogen-bond donors (Lipinski definition) is 1. The molecule has 0 aromatic carbocycles. The lowest BCUT2D eigenvalue weighted by molar-refractivity contribution is 0.205. The second-order valence-electron chi connectivity index (χ2n) is 5.37. The Morgan fingerprint density at radius 1 is 1.41 bits per heavy atom. The zero-order valence-corrected chi connectivity index (χ0v) is 13.1. The van der Waals surface area contributed by atoms with Crippen molar-refractivity contribution in [2.24, 2.45) is 11.8 Å². The molecule has 1 aliphatic carbocycles. The average molecular weight is 316 g/mol. The summed E-state index contributed by atoms with van der Waals surface area (Å²) in [5.41, 5.74) is 0. The molecule has 0 saturated heterocycles. The van der Waals surface area contributed by atoms with E-state index in [1.807, 2.05) is 11.3 Å². The van der Waals surface area contributed by atoms with Crippen LogP contribution in [-0.4, -0.2) is 6.04 Å². The van der Waals surface area contributed by atoms with Crippen molar-refractivity contribution in [3.05, 3.63) is 20.8 Å². The summed E-state index contributed by atoms with van der Waals surface area (Å²) in [5, 5.41) is 5.93. The van der Waals surface area contributed by atoms with Crippen LogP contribution in [0.15, 0.2) is 15.9 Å². The molecule has 1 N–H and O–H groups in total. The van der Waals surface area contributed by atoms with Gasteiger partial charge in [-0.15, -0.1) is 11.3 Å². The average Bonchev–Trinajstić information content (AvgIpc) is 2.72. The van der Waals surface area contributed by atoms with Crippen molar-refractivity contribution in [1.29, 1.82) is 0 Å². The molecule has 0 bridgehead atoms. The summed E-state index contributed by atoms with van der Waals surface area (Å²) in [6.07, 6.45) is 5.57. The summed E-state index contributed by atoms with van der Waals surface area (Å²) in [5.74, 6) is 1.67. The number of halogens is 1. The number of rotatable bonds is 4. The molecule has 17 heavy (non-hydrogen) atoms. The van der Waals surface area contributed by atoms with Crippen LogP contribution in [0.25, 0.3) is 0 Å². The molecular formula is C14H22BrNS. The SMILES string of the molecule is CC(C)C1CCCCC1NCc1sccc1Br. The third kappa shape index (κ3) is 3.55. The highest BCUT2D eigenvalue weighted by atomic mass is 79.9. The first-order chi connectivity index (χ1) is 8.18. The topological polar surface area (TPSA) is 12.0 Å². The largest absolute Gasteiger partial charge is 0.309 e. The lowest BCUT2D eigenvalue weighted by Crippen LogP contribution is -2.40. The van der Waals surface area contributed by atoms with E-state index in [0.717, 1.165) is 24.4 Å². The highest BCUT2D eigenvalue weighted by Gasteiger charge is 2.27. The van der Waals surface area contributed by atoms with Gasteiger partial charge in [0.25, 0.3) is 0 Å². The van der Waals surface area contributed by atoms with E-state index in [0.29, 0.717) is 0 Å². The highest BCUT2D eigenvalue weighted by Crippen LogP contribution is 2.31. The highest BCUT2D eigenvalue weighted by molar-refractivity contribution is 9.10. The molecule has 0 spiro atoms. The minimum atomic E-state index is 0.720. The lowest BCUT2D eigenvalue weighted by Gasteiger charge is -2.35. The standard InChI is InChI=1S/C14H22BrNS/c1-10(2)11-5-3-4-6-13(11)16-9-14-12(15)7-8-17-14/h7-8,10-11,13,16H,3-6,9H2,1-2H3. The van der Waals surface area contributed by atoms with Gasteiger partial charge in [-0.25, -0.2) is 0 Å². The predicted molar refractivity (Wildman–Crippen MR) is 79.4 cm³/mol. The predicted octanol–water partition coefficient (Wildman–Crippen LogP) is 4.82. The van der Waals surface area contributed by atoms with Crippen molar-refractivity contribution in [3.63, 3.8) is 0 Å². The Kier molecular flexibility index (Phi) is 5.07. The van der Waals surface area contributed by atoms with E-state index in [1.165, 1.54) is 35.0 Å². The Balaban J connectivity index is 1.90. The second-order valence-corrected chi connectivity index (χ2v) is 7.23. The fourth-order valence-corrected chi connectivity index (χ4v) is 4.33. The van der Waals surface area contributed by atoms with E-state index in [2.05, 4.69) is 46.5 Å². The fourth-order valence-electron chi connectivity index (χ4n) is 2.89. The molecule has 0 amide bonds. The summed E-state index contributed by atoms with van der Waals surface area (Å²) < 4.78 is 1.26. The number of hydrogen-bond acceptors (Lipinski definition) is 2. The first-order valence-electron chi connectivity index (χ1n) is 6.63. The Bertz CT molecular complexity index is 348. The van der Waals surface area contributed by atoms with Gasteiger partial charge >= 0.3 is 0 Å². The van der Waals surface area contributed by atoms with Gasteiger partial charge in [0.05, 0.1) is 0 Å². The molecular weight excluding hydrogens is 294 g/mol. The van der Waals surface area contributed by atoms with E-state index in [-0.39, 0.29) is 0 Å². The van der Waals surface area contributed by atoms with Gasteiger partial charge in [-0.2, -0.15) is 0 Å². The Labute approximate surface area is 117 Å². The molecule has 96 valence electrons. The molecule has 1 aliphatic rings. The van der Waals surface area contributed by atoms with Gasteiger partial charge < -0.3 is 5.32 Å². The molecule has 2 atom stereocenters. The summed E-state index contributed by atoms with van der Waals surface area (Å²) >= 11 is 5.44. The second kappa shape index (κ2) is 6.35. The summed E-state index contributed by atoms with van der Waals surface area (Å²) in [7, 11) is 0. The third-order valence-corrected chi connectivity index (χ3v) is 5.82. The van der Waals surface area contributed by atoms with Crippen molar-refractivity contribution < 1.29 is 0 Å². The van der Waals surface area contributed by atoms with E-state index in [9.17, 15) is 0 Å². The molecule has 2 unspecified atom stereocenters. The van der Waals surface area contributed by atoms with Gasteiger partial charge in [0.15, 0.2) is 0 Å². The van der Waals surface area contributed by atoms with E-state index < -0.39 is 0 Å². The molecule has 0 radical (unpaired) electrons. The Hall–Kier alpha value is 0.140. The molecule has 1 heterocycles. The van der Waals surface area contributed by atoms with Crippen LogP contribution in [0.2, 0.25) is 0 Å².